The van der Waals surface area contributed by atoms with Gasteiger partial charge in [0.25, 0.3) is 0 Å². The van der Waals surface area contributed by atoms with Gasteiger partial charge in [-0.1, -0.05) is 80.7 Å². The van der Waals surface area contributed by atoms with Crippen LogP contribution >= 0.6 is 0 Å². The molecule has 0 bridgehead atoms. The fraction of sp³-hybridized carbons (Fsp3) is 0.351. The van der Waals surface area contributed by atoms with Gasteiger partial charge in [-0.05, 0) is 96.9 Å². The zero-order valence-corrected chi connectivity index (χ0v) is 25.3. The van der Waals surface area contributed by atoms with E-state index in [1.165, 1.54) is 27.8 Å². The summed E-state index contributed by atoms with van der Waals surface area (Å²) in [4.78, 5) is 23.5. The predicted octanol–water partition coefficient (Wildman–Crippen LogP) is 6.95. The predicted molar refractivity (Wildman–Crippen MR) is 169 cm³/mol. The lowest BCUT2D eigenvalue weighted by atomic mass is 9.89. The fourth-order valence-electron chi connectivity index (χ4n) is 4.86. The van der Waals surface area contributed by atoms with Crippen LogP contribution in [0.15, 0.2) is 85.0 Å². The third-order valence-electron chi connectivity index (χ3n) is 7.28. The summed E-state index contributed by atoms with van der Waals surface area (Å²) in [5.41, 5.74) is 10.4. The highest BCUT2D eigenvalue weighted by molar-refractivity contribution is 5.87. The molecule has 3 aromatic rings. The minimum Gasteiger partial charge on any atom is -0.462 e. The molecular weight excluding hydrogens is 524 g/mol. The van der Waals surface area contributed by atoms with Crippen LogP contribution in [-0.4, -0.2) is 36.9 Å². The third-order valence-corrected chi connectivity index (χ3v) is 7.28. The van der Waals surface area contributed by atoms with E-state index in [0.717, 1.165) is 48.8 Å². The molecule has 5 nitrogen and oxygen atoms in total. The molecule has 0 heterocycles. The van der Waals surface area contributed by atoms with Crippen molar-refractivity contribution in [3.05, 3.63) is 118 Å². The molecule has 0 aliphatic rings. The van der Waals surface area contributed by atoms with Crippen molar-refractivity contribution in [3.8, 4) is 11.1 Å². The molecule has 0 aliphatic heterocycles. The van der Waals surface area contributed by atoms with Crippen LogP contribution in [-0.2, 0) is 57.6 Å². The number of rotatable bonds is 16. The van der Waals surface area contributed by atoms with E-state index in [0.29, 0.717) is 37.2 Å². The van der Waals surface area contributed by atoms with Crippen LogP contribution in [0, 0.1) is 0 Å². The molecule has 0 amide bonds. The summed E-state index contributed by atoms with van der Waals surface area (Å²) in [5, 5.41) is 9.38. The van der Waals surface area contributed by atoms with E-state index in [9.17, 15) is 14.7 Å². The maximum atomic E-state index is 12.0. The Balaban J connectivity index is 1.71. The highest BCUT2D eigenvalue weighted by Crippen LogP contribution is 2.30. The number of benzene rings is 3. The molecule has 5 heteroatoms. The van der Waals surface area contributed by atoms with Crippen molar-refractivity contribution in [2.75, 3.05) is 19.8 Å². The zero-order valence-electron chi connectivity index (χ0n) is 25.3. The van der Waals surface area contributed by atoms with Gasteiger partial charge in [-0.3, -0.25) is 0 Å². The number of carbonyl (C=O) groups excluding carboxylic acids is 2. The quantitative estimate of drug-likeness (QED) is 0.115. The Labute approximate surface area is 250 Å². The number of aliphatic hydroxyl groups is 1. The number of hydrogen-bond donors (Lipinski definition) is 1. The van der Waals surface area contributed by atoms with Gasteiger partial charge in [-0.2, -0.15) is 0 Å². The molecule has 3 aromatic carbocycles. The smallest absolute Gasteiger partial charge is 0.333 e. The largest absolute Gasteiger partial charge is 0.462 e. The van der Waals surface area contributed by atoms with Crippen molar-refractivity contribution in [1.82, 2.24) is 0 Å². The minimum atomic E-state index is -0.369. The number of esters is 2. The van der Waals surface area contributed by atoms with E-state index in [4.69, 9.17) is 9.47 Å². The van der Waals surface area contributed by atoms with E-state index < -0.39 is 0 Å². The van der Waals surface area contributed by atoms with E-state index >= 15 is 0 Å². The minimum absolute atomic E-state index is 0.131. The second-order valence-corrected chi connectivity index (χ2v) is 10.8. The zero-order chi connectivity index (χ0) is 30.5. The lowest BCUT2D eigenvalue weighted by Gasteiger charge is -2.17. The van der Waals surface area contributed by atoms with Crippen molar-refractivity contribution >= 4 is 11.9 Å². The molecule has 0 unspecified atom stereocenters. The van der Waals surface area contributed by atoms with Crippen LogP contribution in [0.3, 0.4) is 0 Å². The first-order chi connectivity index (χ1) is 20.2. The first-order valence-electron chi connectivity index (χ1n) is 14.8. The van der Waals surface area contributed by atoms with E-state index in [1.54, 1.807) is 13.8 Å². The summed E-state index contributed by atoms with van der Waals surface area (Å²) >= 11 is 0. The van der Waals surface area contributed by atoms with E-state index in [-0.39, 0.29) is 18.5 Å². The van der Waals surface area contributed by atoms with Gasteiger partial charge in [0.1, 0.15) is 0 Å². The summed E-state index contributed by atoms with van der Waals surface area (Å²) in [5.74, 6) is -0.706. The van der Waals surface area contributed by atoms with Gasteiger partial charge in [0.15, 0.2) is 0 Å². The number of ether oxygens (including phenoxy) is 2. The number of aryl methyl sites for hydroxylation is 4. The van der Waals surface area contributed by atoms with Crippen LogP contribution in [0.25, 0.3) is 11.1 Å². The van der Waals surface area contributed by atoms with Crippen LogP contribution in [0.2, 0.25) is 0 Å². The lowest BCUT2D eigenvalue weighted by molar-refractivity contribution is -0.139. The van der Waals surface area contributed by atoms with Gasteiger partial charge in [0.05, 0.1) is 13.2 Å². The Kier molecular flexibility index (Phi) is 12.8. The third kappa shape index (κ3) is 9.85. The molecular formula is C37H44O5. The maximum Gasteiger partial charge on any atom is 0.333 e. The highest BCUT2D eigenvalue weighted by Gasteiger charge is 2.13. The van der Waals surface area contributed by atoms with Gasteiger partial charge in [0.2, 0.25) is 0 Å². The van der Waals surface area contributed by atoms with Crippen molar-refractivity contribution < 1.29 is 24.2 Å². The summed E-state index contributed by atoms with van der Waals surface area (Å²) in [6.45, 7) is 13.6. The molecule has 1 N–H and O–H groups in total. The van der Waals surface area contributed by atoms with Crippen LogP contribution in [0.5, 0.6) is 0 Å². The molecule has 0 radical (unpaired) electrons. The maximum absolute atomic E-state index is 12.0. The molecule has 0 spiro atoms. The first kappa shape index (κ1) is 32.6. The Bertz CT molecular complexity index is 1380. The van der Waals surface area contributed by atoms with E-state index in [2.05, 4.69) is 80.7 Å². The van der Waals surface area contributed by atoms with Gasteiger partial charge < -0.3 is 14.6 Å². The van der Waals surface area contributed by atoms with Crippen LogP contribution in [0.4, 0.5) is 0 Å². The normalized spacial score (nSPS) is 10.8. The lowest BCUT2D eigenvalue weighted by Crippen LogP contribution is -2.09. The Morgan fingerprint density at radius 2 is 1.12 bits per heavy atom. The average molecular weight is 569 g/mol. The summed E-state index contributed by atoms with van der Waals surface area (Å²) in [7, 11) is 0. The Hall–Kier alpha value is -3.96. The molecule has 0 saturated heterocycles. The SMILES string of the molecule is C=C(C)C(=O)OCCCc1ccc(CCc2ccc(-c3ccc(CCO)cc3CC)c(CCOC(=O)C(=C)C)c2)cc1. The second kappa shape index (κ2) is 16.5. The molecule has 0 aromatic heterocycles. The molecule has 222 valence electrons. The average Bonchev–Trinajstić information content (AvgIpc) is 2.98. The number of hydrogen-bond acceptors (Lipinski definition) is 5. The number of aliphatic hydroxyl groups excluding tert-OH is 1. The van der Waals surface area contributed by atoms with Crippen molar-refractivity contribution in [1.29, 1.82) is 0 Å². The molecule has 0 atom stereocenters. The Morgan fingerprint density at radius 3 is 1.69 bits per heavy atom. The van der Waals surface area contributed by atoms with Crippen LogP contribution in [0.1, 0.15) is 60.6 Å². The summed E-state index contributed by atoms with van der Waals surface area (Å²) in [6.07, 6.45) is 5.57. The van der Waals surface area contributed by atoms with Gasteiger partial charge in [-0.25, -0.2) is 9.59 Å². The van der Waals surface area contributed by atoms with Gasteiger partial charge in [-0.15, -0.1) is 0 Å². The molecule has 0 fully saturated rings. The molecule has 0 saturated carbocycles. The topological polar surface area (TPSA) is 72.8 Å². The Morgan fingerprint density at radius 1 is 0.643 bits per heavy atom. The van der Waals surface area contributed by atoms with E-state index in [1.807, 2.05) is 0 Å². The molecule has 42 heavy (non-hydrogen) atoms. The molecule has 3 rings (SSSR count). The highest BCUT2D eigenvalue weighted by atomic mass is 16.5. The molecule has 0 aliphatic carbocycles. The van der Waals surface area contributed by atoms with Gasteiger partial charge in [0, 0.05) is 24.2 Å². The summed E-state index contributed by atoms with van der Waals surface area (Å²) in [6, 6.07) is 21.7. The van der Waals surface area contributed by atoms with Crippen molar-refractivity contribution in [2.24, 2.45) is 0 Å². The van der Waals surface area contributed by atoms with Gasteiger partial charge >= 0.3 is 11.9 Å². The second-order valence-electron chi connectivity index (χ2n) is 10.8. The van der Waals surface area contributed by atoms with Crippen LogP contribution < -0.4 is 0 Å². The fourth-order valence-corrected chi connectivity index (χ4v) is 4.86. The standard InChI is InChI=1S/C37H44O5/c1-6-32-24-31(19-21-38)16-17-34(32)35-18-15-30(25-33(35)20-23-42-37(40)27(4)5)14-13-29-11-9-28(10-12-29)8-7-22-41-36(39)26(2)3/h9-12,15-18,24-25,38H,2,4,6-8,13-14,19-23H2,1,3,5H3. The number of carbonyl (C=O) groups is 2. The van der Waals surface area contributed by atoms with Crippen molar-refractivity contribution in [2.45, 2.75) is 65.7 Å². The monoisotopic (exact) mass is 568 g/mol. The summed E-state index contributed by atoms with van der Waals surface area (Å²) < 4.78 is 10.6. The van der Waals surface area contributed by atoms with Crippen molar-refractivity contribution in [3.63, 3.8) is 0 Å². The first-order valence-corrected chi connectivity index (χ1v) is 14.8.